The Morgan fingerprint density at radius 3 is 2.61 bits per heavy atom. The number of rotatable bonds is 2. The van der Waals surface area contributed by atoms with Crippen LogP contribution in [0.2, 0.25) is 0 Å². The summed E-state index contributed by atoms with van der Waals surface area (Å²) in [6, 6.07) is 6.17. The van der Waals surface area contributed by atoms with E-state index in [1.54, 1.807) is 0 Å². The Labute approximate surface area is 101 Å². The third-order valence-corrected chi connectivity index (χ3v) is 2.23. The molecule has 0 aliphatic rings. The molecule has 0 atom stereocenters. The van der Waals surface area contributed by atoms with Crippen LogP contribution in [0.1, 0.15) is 10.4 Å². The van der Waals surface area contributed by atoms with Crippen LogP contribution in [0.5, 0.6) is 0 Å². The van der Waals surface area contributed by atoms with Crippen LogP contribution in [0.15, 0.2) is 36.5 Å². The lowest BCUT2D eigenvalue weighted by Crippen LogP contribution is -2.13. The molecule has 0 aliphatic heterocycles. The Morgan fingerprint density at radius 1 is 1.22 bits per heavy atom. The maximum absolute atomic E-state index is 13.2. The Morgan fingerprint density at radius 2 is 2.00 bits per heavy atom. The van der Waals surface area contributed by atoms with Crippen molar-refractivity contribution in [1.29, 1.82) is 0 Å². The second-order valence-electron chi connectivity index (χ2n) is 3.55. The number of nitrogen functional groups attached to an aromatic ring is 1. The minimum atomic E-state index is -0.672. The average molecular weight is 249 g/mol. The Bertz CT molecular complexity index is 584. The Balaban J connectivity index is 2.16. The SMILES string of the molecule is Nc1ccc(C(=O)Nc2ccc(F)cn2)cc1F. The number of amides is 1. The Hall–Kier alpha value is -2.50. The number of hydrogen-bond donors (Lipinski definition) is 2. The van der Waals surface area contributed by atoms with E-state index in [2.05, 4.69) is 10.3 Å². The lowest BCUT2D eigenvalue weighted by atomic mass is 10.2. The van der Waals surface area contributed by atoms with E-state index in [1.807, 2.05) is 0 Å². The maximum atomic E-state index is 13.2. The van der Waals surface area contributed by atoms with Gasteiger partial charge in [0, 0.05) is 5.56 Å². The number of nitrogens with one attached hydrogen (secondary N) is 1. The third kappa shape index (κ3) is 2.60. The summed E-state index contributed by atoms with van der Waals surface area (Å²) in [6.07, 6.45) is 0.971. The van der Waals surface area contributed by atoms with Crippen LogP contribution in [0.4, 0.5) is 20.3 Å². The number of benzene rings is 1. The van der Waals surface area contributed by atoms with Crippen molar-refractivity contribution in [2.45, 2.75) is 0 Å². The van der Waals surface area contributed by atoms with Gasteiger partial charge in [0.1, 0.15) is 17.5 Å². The van der Waals surface area contributed by atoms with E-state index in [0.29, 0.717) is 0 Å². The van der Waals surface area contributed by atoms with E-state index >= 15 is 0 Å². The van der Waals surface area contributed by atoms with Gasteiger partial charge < -0.3 is 11.1 Å². The molecule has 0 saturated heterocycles. The molecular formula is C12H9F2N3O. The molecule has 6 heteroatoms. The topological polar surface area (TPSA) is 68.0 Å². The highest BCUT2D eigenvalue weighted by Crippen LogP contribution is 2.13. The summed E-state index contributed by atoms with van der Waals surface area (Å²) in [7, 11) is 0. The van der Waals surface area contributed by atoms with Crippen molar-refractivity contribution in [2.75, 3.05) is 11.1 Å². The molecule has 1 amide bonds. The van der Waals surface area contributed by atoms with E-state index < -0.39 is 17.5 Å². The average Bonchev–Trinajstić information content (AvgIpc) is 2.35. The lowest BCUT2D eigenvalue weighted by Gasteiger charge is -2.05. The molecule has 0 saturated carbocycles. The largest absolute Gasteiger partial charge is 0.396 e. The number of carbonyl (C=O) groups is 1. The van der Waals surface area contributed by atoms with Crippen LogP contribution in [0.25, 0.3) is 0 Å². The second-order valence-corrected chi connectivity index (χ2v) is 3.55. The van der Waals surface area contributed by atoms with E-state index in [1.165, 1.54) is 18.2 Å². The third-order valence-electron chi connectivity index (χ3n) is 2.23. The summed E-state index contributed by atoms with van der Waals surface area (Å²) in [5, 5.41) is 2.41. The van der Waals surface area contributed by atoms with E-state index in [9.17, 15) is 13.6 Å². The molecule has 1 aromatic heterocycles. The van der Waals surface area contributed by atoms with Gasteiger partial charge in [-0.05, 0) is 30.3 Å². The fraction of sp³-hybridized carbons (Fsp3) is 0. The summed E-state index contributed by atoms with van der Waals surface area (Å²) in [5.41, 5.74) is 5.37. The predicted octanol–water partition coefficient (Wildman–Crippen LogP) is 2.19. The summed E-state index contributed by atoms with van der Waals surface area (Å²) < 4.78 is 25.8. The maximum Gasteiger partial charge on any atom is 0.256 e. The lowest BCUT2D eigenvalue weighted by molar-refractivity contribution is 0.102. The Kier molecular flexibility index (Phi) is 3.18. The quantitative estimate of drug-likeness (QED) is 0.801. The molecule has 0 aliphatic carbocycles. The molecule has 4 nitrogen and oxygen atoms in total. The van der Waals surface area contributed by atoms with Gasteiger partial charge in [-0.25, -0.2) is 13.8 Å². The fourth-order valence-electron chi connectivity index (χ4n) is 1.31. The zero-order valence-corrected chi connectivity index (χ0v) is 9.15. The molecule has 3 N–H and O–H groups in total. The van der Waals surface area contributed by atoms with Gasteiger partial charge in [-0.3, -0.25) is 4.79 Å². The number of nitrogens with zero attached hydrogens (tertiary/aromatic N) is 1. The van der Waals surface area contributed by atoms with Gasteiger partial charge >= 0.3 is 0 Å². The van der Waals surface area contributed by atoms with Crippen LogP contribution in [-0.2, 0) is 0 Å². The van der Waals surface area contributed by atoms with E-state index in [4.69, 9.17) is 5.73 Å². The van der Waals surface area contributed by atoms with Gasteiger partial charge in [0.05, 0.1) is 11.9 Å². The molecule has 0 fully saturated rings. The van der Waals surface area contributed by atoms with Gasteiger partial charge in [0.25, 0.3) is 5.91 Å². The van der Waals surface area contributed by atoms with Crippen molar-refractivity contribution in [2.24, 2.45) is 0 Å². The van der Waals surface area contributed by atoms with Gasteiger partial charge in [-0.2, -0.15) is 0 Å². The first-order valence-electron chi connectivity index (χ1n) is 5.04. The first-order valence-corrected chi connectivity index (χ1v) is 5.04. The van der Waals surface area contributed by atoms with Gasteiger partial charge in [0.15, 0.2) is 0 Å². The van der Waals surface area contributed by atoms with Gasteiger partial charge in [0.2, 0.25) is 0 Å². The first-order chi connectivity index (χ1) is 8.56. The van der Waals surface area contributed by atoms with E-state index in [0.717, 1.165) is 18.3 Å². The van der Waals surface area contributed by atoms with Crippen molar-refractivity contribution >= 4 is 17.4 Å². The molecule has 0 unspecified atom stereocenters. The van der Waals surface area contributed by atoms with E-state index in [-0.39, 0.29) is 17.1 Å². The van der Waals surface area contributed by atoms with Crippen LogP contribution in [-0.4, -0.2) is 10.9 Å². The highest BCUT2D eigenvalue weighted by atomic mass is 19.1. The number of carbonyl (C=O) groups excluding carboxylic acids is 1. The van der Waals surface area contributed by atoms with Crippen LogP contribution in [0, 0.1) is 11.6 Å². The minimum Gasteiger partial charge on any atom is -0.396 e. The molecule has 0 spiro atoms. The number of nitrogens with two attached hydrogens (primary N) is 1. The summed E-state index contributed by atoms with van der Waals surface area (Å²) in [6.45, 7) is 0. The van der Waals surface area contributed by atoms with Crippen molar-refractivity contribution < 1.29 is 13.6 Å². The molecule has 92 valence electrons. The molecular weight excluding hydrogens is 240 g/mol. The van der Waals surface area contributed by atoms with Crippen molar-refractivity contribution in [1.82, 2.24) is 4.98 Å². The molecule has 1 aromatic carbocycles. The molecule has 0 radical (unpaired) electrons. The molecule has 0 bridgehead atoms. The number of anilines is 2. The molecule has 18 heavy (non-hydrogen) atoms. The molecule has 2 rings (SSSR count). The minimum absolute atomic E-state index is 0.0357. The fourth-order valence-corrected chi connectivity index (χ4v) is 1.31. The highest BCUT2D eigenvalue weighted by molar-refractivity contribution is 6.03. The number of hydrogen-bond acceptors (Lipinski definition) is 3. The zero-order chi connectivity index (χ0) is 13.1. The molecule has 1 heterocycles. The summed E-state index contributed by atoms with van der Waals surface area (Å²) in [5.74, 6) is -1.55. The van der Waals surface area contributed by atoms with Crippen LogP contribution in [0.3, 0.4) is 0 Å². The standard InChI is InChI=1S/C12H9F2N3O/c13-8-2-4-11(16-6-8)17-12(18)7-1-3-10(15)9(14)5-7/h1-6H,15H2,(H,16,17,18). The zero-order valence-electron chi connectivity index (χ0n) is 9.15. The number of pyridine rings is 1. The number of halogens is 2. The van der Waals surface area contributed by atoms with Gasteiger partial charge in [-0.15, -0.1) is 0 Å². The highest BCUT2D eigenvalue weighted by Gasteiger charge is 2.09. The predicted molar refractivity (Wildman–Crippen MR) is 63.0 cm³/mol. The first kappa shape index (κ1) is 12.0. The summed E-state index contributed by atoms with van der Waals surface area (Å²) in [4.78, 5) is 15.4. The normalized spacial score (nSPS) is 10.1. The number of aromatic nitrogens is 1. The monoisotopic (exact) mass is 249 g/mol. The van der Waals surface area contributed by atoms with Crippen LogP contribution < -0.4 is 11.1 Å². The smallest absolute Gasteiger partial charge is 0.256 e. The van der Waals surface area contributed by atoms with Crippen molar-refractivity contribution in [3.8, 4) is 0 Å². The summed E-state index contributed by atoms with van der Waals surface area (Å²) >= 11 is 0. The van der Waals surface area contributed by atoms with Crippen LogP contribution >= 0.6 is 0 Å². The molecule has 2 aromatic rings. The van der Waals surface area contributed by atoms with Crippen molar-refractivity contribution in [3.05, 3.63) is 53.7 Å². The van der Waals surface area contributed by atoms with Crippen molar-refractivity contribution in [3.63, 3.8) is 0 Å². The van der Waals surface area contributed by atoms with Gasteiger partial charge in [-0.1, -0.05) is 0 Å². The second kappa shape index (κ2) is 4.79.